The molecule has 1 atom stereocenters. The summed E-state index contributed by atoms with van der Waals surface area (Å²) in [5, 5.41) is 10.3. The molecule has 0 amide bonds. The number of aryl methyl sites for hydroxylation is 1. The first-order valence-corrected chi connectivity index (χ1v) is 10.6. The lowest BCUT2D eigenvalue weighted by Crippen LogP contribution is -2.19. The van der Waals surface area contributed by atoms with Gasteiger partial charge in [-0.2, -0.15) is 5.10 Å². The largest absolute Gasteiger partial charge is 0.339 e. The lowest BCUT2D eigenvalue weighted by Gasteiger charge is -2.26. The molecule has 0 radical (unpaired) electrons. The maximum absolute atomic E-state index is 13.5. The summed E-state index contributed by atoms with van der Waals surface area (Å²) < 4.78 is 15.3. The topological polar surface area (TPSA) is 46.9 Å². The van der Waals surface area contributed by atoms with Crippen LogP contribution in [0.3, 0.4) is 0 Å². The highest BCUT2D eigenvalue weighted by atomic mass is 32.1. The normalized spacial score (nSPS) is 16.9. The predicted octanol–water partition coefficient (Wildman–Crippen LogP) is 5.55. The minimum atomic E-state index is -0.291. The highest BCUT2D eigenvalue weighted by Gasteiger charge is 2.43. The first-order chi connectivity index (χ1) is 14.6. The molecule has 6 heteroatoms. The molecule has 1 aliphatic heterocycles. The third kappa shape index (κ3) is 2.31. The molecular formula is C24H16FN3OS. The minimum Gasteiger partial charge on any atom is -0.339 e. The monoisotopic (exact) mass is 413 g/mol. The van der Waals surface area contributed by atoms with Crippen molar-refractivity contribution in [3.8, 4) is 5.69 Å². The number of carbonyl (C=O) groups is 1. The van der Waals surface area contributed by atoms with Crippen LogP contribution in [0.2, 0.25) is 0 Å². The molecule has 6 rings (SSSR count). The number of allylic oxidation sites excluding steroid dienone is 1. The second-order valence-electron chi connectivity index (χ2n) is 7.47. The first kappa shape index (κ1) is 17.4. The van der Waals surface area contributed by atoms with Crippen molar-refractivity contribution >= 4 is 28.6 Å². The van der Waals surface area contributed by atoms with Gasteiger partial charge >= 0.3 is 0 Å². The number of carbonyl (C=O) groups excluding carboxylic acids is 1. The van der Waals surface area contributed by atoms with E-state index in [2.05, 4.69) is 11.4 Å². The molecule has 2 aliphatic rings. The van der Waals surface area contributed by atoms with Crippen LogP contribution in [0.1, 0.15) is 38.0 Å². The molecule has 0 fully saturated rings. The summed E-state index contributed by atoms with van der Waals surface area (Å²) in [6.45, 7) is 1.96. The van der Waals surface area contributed by atoms with Crippen LogP contribution in [-0.4, -0.2) is 15.6 Å². The summed E-state index contributed by atoms with van der Waals surface area (Å²) in [5.74, 6) is 0.401. The van der Waals surface area contributed by atoms with Crippen molar-refractivity contribution in [2.75, 3.05) is 5.32 Å². The van der Waals surface area contributed by atoms with E-state index in [-0.39, 0.29) is 17.5 Å². The number of Topliss-reactive ketones (excluding diaryl/α,β-unsaturated/α-hetero) is 1. The zero-order chi connectivity index (χ0) is 20.4. The molecule has 4 aromatic rings. The fourth-order valence-electron chi connectivity index (χ4n) is 4.49. The van der Waals surface area contributed by atoms with Crippen molar-refractivity contribution in [1.82, 2.24) is 9.78 Å². The smallest absolute Gasteiger partial charge is 0.192 e. The maximum Gasteiger partial charge on any atom is 0.192 e. The Balaban J connectivity index is 1.62. The quantitative estimate of drug-likeness (QED) is 0.469. The number of anilines is 1. The van der Waals surface area contributed by atoms with Crippen LogP contribution >= 0.6 is 11.3 Å². The zero-order valence-corrected chi connectivity index (χ0v) is 16.8. The van der Waals surface area contributed by atoms with Crippen LogP contribution in [0.4, 0.5) is 10.2 Å². The molecule has 0 spiro atoms. The van der Waals surface area contributed by atoms with Gasteiger partial charge in [-0.25, -0.2) is 9.07 Å². The highest BCUT2D eigenvalue weighted by molar-refractivity contribution is 7.10. The molecule has 2 aromatic carbocycles. The summed E-state index contributed by atoms with van der Waals surface area (Å²) in [5.41, 5.74) is 5.84. The van der Waals surface area contributed by atoms with Crippen molar-refractivity contribution in [3.63, 3.8) is 0 Å². The van der Waals surface area contributed by atoms with Crippen LogP contribution in [0.15, 0.2) is 71.6 Å². The number of aromatic nitrogens is 2. The number of nitrogens with one attached hydrogen (secondary N) is 1. The standard InChI is InChI=1S/C24H16FN3OS/c1-13-19-20(18-7-4-12-30-18)21-22(16-5-2-3-6-17(16)23(21)29)26-24(19)28(27-13)15-10-8-14(25)9-11-15/h2-12,20,26H,1H3. The van der Waals surface area contributed by atoms with Crippen LogP contribution in [0, 0.1) is 12.7 Å². The van der Waals surface area contributed by atoms with E-state index < -0.39 is 0 Å². The van der Waals surface area contributed by atoms with Crippen molar-refractivity contribution in [2.45, 2.75) is 12.8 Å². The summed E-state index contributed by atoms with van der Waals surface area (Å²) in [6.07, 6.45) is 0. The van der Waals surface area contributed by atoms with E-state index in [0.717, 1.165) is 50.0 Å². The van der Waals surface area contributed by atoms with E-state index in [1.807, 2.05) is 42.6 Å². The number of hydrogen-bond acceptors (Lipinski definition) is 4. The second-order valence-corrected chi connectivity index (χ2v) is 8.45. The fraction of sp³-hybridized carbons (Fsp3) is 0.0833. The Morgan fingerprint density at radius 1 is 1.03 bits per heavy atom. The van der Waals surface area contributed by atoms with Crippen molar-refractivity contribution in [1.29, 1.82) is 0 Å². The molecule has 2 aromatic heterocycles. The van der Waals surface area contributed by atoms with E-state index in [9.17, 15) is 9.18 Å². The molecule has 146 valence electrons. The summed E-state index contributed by atoms with van der Waals surface area (Å²) in [7, 11) is 0. The van der Waals surface area contributed by atoms with Crippen molar-refractivity contribution in [2.24, 2.45) is 0 Å². The van der Waals surface area contributed by atoms with E-state index in [1.165, 1.54) is 12.1 Å². The van der Waals surface area contributed by atoms with E-state index in [0.29, 0.717) is 0 Å². The molecule has 0 bridgehead atoms. The van der Waals surface area contributed by atoms with Crippen LogP contribution in [0.5, 0.6) is 0 Å². The SMILES string of the molecule is Cc1nn(-c2ccc(F)cc2)c2c1C(c1cccs1)C1=C(N2)c2ccccc2C1=O. The minimum absolute atomic E-state index is 0.0612. The Kier molecular flexibility index (Phi) is 3.61. The Morgan fingerprint density at radius 2 is 1.80 bits per heavy atom. The number of benzene rings is 2. The lowest BCUT2D eigenvalue weighted by atomic mass is 9.85. The second kappa shape index (κ2) is 6.24. The molecule has 0 saturated heterocycles. The number of hydrogen-bond donors (Lipinski definition) is 1. The maximum atomic E-state index is 13.5. The van der Waals surface area contributed by atoms with E-state index in [1.54, 1.807) is 28.2 Å². The number of halogens is 1. The summed E-state index contributed by atoms with van der Waals surface area (Å²) in [6, 6.07) is 18.1. The first-order valence-electron chi connectivity index (χ1n) is 9.67. The molecule has 1 N–H and O–H groups in total. The van der Waals surface area contributed by atoms with Gasteiger partial charge in [-0.05, 0) is 42.6 Å². The number of nitrogens with zero attached hydrogens (tertiary/aromatic N) is 2. The van der Waals surface area contributed by atoms with Gasteiger partial charge in [0, 0.05) is 27.1 Å². The van der Waals surface area contributed by atoms with Gasteiger partial charge in [0.25, 0.3) is 0 Å². The van der Waals surface area contributed by atoms with Gasteiger partial charge in [0.2, 0.25) is 0 Å². The number of rotatable bonds is 2. The van der Waals surface area contributed by atoms with E-state index in [4.69, 9.17) is 5.10 Å². The van der Waals surface area contributed by atoms with Gasteiger partial charge in [-0.15, -0.1) is 11.3 Å². The van der Waals surface area contributed by atoms with Gasteiger partial charge in [-0.3, -0.25) is 4.79 Å². The molecular weight excluding hydrogens is 397 g/mol. The zero-order valence-electron chi connectivity index (χ0n) is 16.0. The Labute approximate surface area is 176 Å². The predicted molar refractivity (Wildman–Crippen MR) is 116 cm³/mol. The summed E-state index contributed by atoms with van der Waals surface area (Å²) >= 11 is 1.64. The van der Waals surface area contributed by atoms with Gasteiger partial charge < -0.3 is 5.32 Å². The number of fused-ring (bicyclic) bond motifs is 3. The average molecular weight is 413 g/mol. The van der Waals surface area contributed by atoms with Gasteiger partial charge in [0.15, 0.2) is 5.78 Å². The molecule has 0 saturated carbocycles. The Hall–Kier alpha value is -3.51. The van der Waals surface area contributed by atoms with Crippen LogP contribution < -0.4 is 5.32 Å². The molecule has 1 unspecified atom stereocenters. The molecule has 1 aliphatic carbocycles. The number of thiophene rings is 1. The van der Waals surface area contributed by atoms with Gasteiger partial charge in [0.05, 0.1) is 23.0 Å². The third-order valence-corrected chi connectivity index (χ3v) is 6.72. The van der Waals surface area contributed by atoms with E-state index >= 15 is 0 Å². The van der Waals surface area contributed by atoms with Crippen molar-refractivity contribution in [3.05, 3.63) is 105 Å². The number of ketones is 1. The Bertz CT molecular complexity index is 1350. The van der Waals surface area contributed by atoms with Crippen LogP contribution in [0.25, 0.3) is 11.4 Å². The van der Waals surface area contributed by atoms with Gasteiger partial charge in [-0.1, -0.05) is 30.3 Å². The summed E-state index contributed by atoms with van der Waals surface area (Å²) in [4.78, 5) is 14.5. The van der Waals surface area contributed by atoms with Gasteiger partial charge in [0.1, 0.15) is 11.6 Å². The molecule has 30 heavy (non-hydrogen) atoms. The highest BCUT2D eigenvalue weighted by Crippen LogP contribution is 2.51. The van der Waals surface area contributed by atoms with Crippen LogP contribution in [-0.2, 0) is 0 Å². The Morgan fingerprint density at radius 3 is 2.53 bits per heavy atom. The fourth-order valence-corrected chi connectivity index (χ4v) is 5.33. The molecule has 4 nitrogen and oxygen atoms in total. The average Bonchev–Trinajstić information content (AvgIpc) is 3.47. The third-order valence-electron chi connectivity index (χ3n) is 5.78. The molecule has 3 heterocycles. The lowest BCUT2D eigenvalue weighted by molar-refractivity contribution is 0.103. The van der Waals surface area contributed by atoms with Crippen molar-refractivity contribution < 1.29 is 9.18 Å².